The van der Waals surface area contributed by atoms with E-state index in [1.54, 1.807) is 18.2 Å². The summed E-state index contributed by atoms with van der Waals surface area (Å²) in [4.78, 5) is 11.0. The van der Waals surface area contributed by atoms with Crippen molar-refractivity contribution in [3.8, 4) is 0 Å². The molecule has 2 aromatic carbocycles. The summed E-state index contributed by atoms with van der Waals surface area (Å²) in [6, 6.07) is 11.5. The third-order valence-electron chi connectivity index (χ3n) is 2.64. The van der Waals surface area contributed by atoms with Crippen molar-refractivity contribution >= 4 is 23.2 Å². The number of nitrogens with one attached hydrogen (secondary N) is 1. The van der Waals surface area contributed by atoms with Crippen LogP contribution in [0.15, 0.2) is 42.5 Å². The summed E-state index contributed by atoms with van der Waals surface area (Å²) in [5.41, 5.74) is 6.61. The molecular formula is C14H12ClFN2O. The number of anilines is 1. The first-order chi connectivity index (χ1) is 9.06. The van der Waals surface area contributed by atoms with Gasteiger partial charge in [0.05, 0.1) is 5.56 Å². The molecule has 98 valence electrons. The lowest BCUT2D eigenvalue weighted by Gasteiger charge is -2.08. The van der Waals surface area contributed by atoms with Crippen LogP contribution in [0.25, 0.3) is 0 Å². The number of hydrogen-bond acceptors (Lipinski definition) is 2. The Morgan fingerprint density at radius 2 is 1.89 bits per heavy atom. The van der Waals surface area contributed by atoms with Crippen LogP contribution < -0.4 is 11.1 Å². The second-order valence-electron chi connectivity index (χ2n) is 4.04. The van der Waals surface area contributed by atoms with Gasteiger partial charge >= 0.3 is 0 Å². The Labute approximate surface area is 115 Å². The van der Waals surface area contributed by atoms with Gasteiger partial charge < -0.3 is 11.1 Å². The average Bonchev–Trinajstić information content (AvgIpc) is 2.39. The second kappa shape index (κ2) is 5.71. The van der Waals surface area contributed by atoms with Gasteiger partial charge in [0.1, 0.15) is 5.82 Å². The van der Waals surface area contributed by atoms with Crippen molar-refractivity contribution in [1.29, 1.82) is 0 Å². The molecule has 3 N–H and O–H groups in total. The van der Waals surface area contributed by atoms with Gasteiger partial charge in [0.2, 0.25) is 0 Å². The molecule has 2 aromatic rings. The fourth-order valence-corrected chi connectivity index (χ4v) is 1.76. The molecule has 0 radical (unpaired) electrons. The van der Waals surface area contributed by atoms with Gasteiger partial charge in [-0.25, -0.2) is 4.39 Å². The maximum absolute atomic E-state index is 13.3. The van der Waals surface area contributed by atoms with Gasteiger partial charge in [0.25, 0.3) is 5.91 Å². The highest BCUT2D eigenvalue weighted by Crippen LogP contribution is 2.16. The third-order valence-corrected chi connectivity index (χ3v) is 2.89. The minimum absolute atomic E-state index is 0.124. The number of halogens is 2. The highest BCUT2D eigenvalue weighted by molar-refractivity contribution is 6.30. The van der Waals surface area contributed by atoms with Crippen LogP contribution in [0.4, 0.5) is 10.1 Å². The summed E-state index contributed by atoms with van der Waals surface area (Å²) >= 11 is 5.79. The number of benzene rings is 2. The van der Waals surface area contributed by atoms with E-state index in [9.17, 15) is 9.18 Å². The molecule has 0 aromatic heterocycles. The molecule has 3 nitrogen and oxygen atoms in total. The molecule has 0 unspecified atom stereocenters. The fourth-order valence-electron chi connectivity index (χ4n) is 1.63. The van der Waals surface area contributed by atoms with Gasteiger partial charge in [0, 0.05) is 17.3 Å². The van der Waals surface area contributed by atoms with Crippen LogP contribution in [-0.4, -0.2) is 5.91 Å². The number of rotatable bonds is 4. The van der Waals surface area contributed by atoms with Gasteiger partial charge in [-0.3, -0.25) is 4.79 Å². The lowest BCUT2D eigenvalue weighted by Crippen LogP contribution is -2.13. The van der Waals surface area contributed by atoms with Crippen molar-refractivity contribution in [3.05, 3.63) is 64.4 Å². The van der Waals surface area contributed by atoms with Crippen LogP contribution in [0.2, 0.25) is 5.02 Å². The third kappa shape index (κ3) is 3.45. The fraction of sp³-hybridized carbons (Fsp3) is 0.0714. The standard InChI is InChI=1S/C14H12ClFN2O/c15-10-3-1-9(2-4-10)8-18-11-5-6-13(16)12(7-11)14(17)19/h1-7,18H,8H2,(H2,17,19). The molecule has 0 aliphatic carbocycles. The predicted octanol–water partition coefficient (Wildman–Crippen LogP) is 3.19. The smallest absolute Gasteiger partial charge is 0.251 e. The number of carbonyl (C=O) groups excluding carboxylic acids is 1. The van der Waals surface area contributed by atoms with E-state index in [1.807, 2.05) is 12.1 Å². The van der Waals surface area contributed by atoms with Gasteiger partial charge in [-0.1, -0.05) is 23.7 Å². The number of hydrogen-bond donors (Lipinski definition) is 2. The topological polar surface area (TPSA) is 55.1 Å². The molecule has 0 aliphatic heterocycles. The Kier molecular flexibility index (Phi) is 4.02. The van der Waals surface area contributed by atoms with Crippen molar-refractivity contribution in [2.75, 3.05) is 5.32 Å². The summed E-state index contributed by atoms with van der Waals surface area (Å²) in [6.45, 7) is 0.543. The summed E-state index contributed by atoms with van der Waals surface area (Å²) in [5, 5.41) is 3.75. The van der Waals surface area contributed by atoms with E-state index in [0.717, 1.165) is 5.56 Å². The highest BCUT2D eigenvalue weighted by Gasteiger charge is 2.08. The number of carbonyl (C=O) groups is 1. The minimum atomic E-state index is -0.785. The van der Waals surface area contributed by atoms with Crippen molar-refractivity contribution in [2.24, 2.45) is 5.73 Å². The zero-order chi connectivity index (χ0) is 13.8. The quantitative estimate of drug-likeness (QED) is 0.902. The number of nitrogens with two attached hydrogens (primary N) is 1. The van der Waals surface area contributed by atoms with Crippen molar-refractivity contribution in [1.82, 2.24) is 0 Å². The highest BCUT2D eigenvalue weighted by atomic mass is 35.5. The first-order valence-corrected chi connectivity index (χ1v) is 6.02. The monoisotopic (exact) mass is 278 g/mol. The molecule has 19 heavy (non-hydrogen) atoms. The average molecular weight is 279 g/mol. The van der Waals surface area contributed by atoms with E-state index in [-0.39, 0.29) is 5.56 Å². The van der Waals surface area contributed by atoms with E-state index < -0.39 is 11.7 Å². The normalized spacial score (nSPS) is 10.2. The van der Waals surface area contributed by atoms with E-state index in [0.29, 0.717) is 17.3 Å². The van der Waals surface area contributed by atoms with Gasteiger partial charge in [-0.05, 0) is 35.9 Å². The molecule has 0 spiro atoms. The largest absolute Gasteiger partial charge is 0.381 e. The summed E-state index contributed by atoms with van der Waals surface area (Å²) in [6.07, 6.45) is 0. The Bertz CT molecular complexity index is 599. The van der Waals surface area contributed by atoms with Crippen molar-refractivity contribution < 1.29 is 9.18 Å². The maximum Gasteiger partial charge on any atom is 0.251 e. The maximum atomic E-state index is 13.3. The summed E-state index contributed by atoms with van der Waals surface area (Å²) in [5.74, 6) is -1.41. The van der Waals surface area contributed by atoms with E-state index in [1.165, 1.54) is 12.1 Å². The van der Waals surface area contributed by atoms with Crippen LogP contribution in [0.3, 0.4) is 0 Å². The van der Waals surface area contributed by atoms with Crippen molar-refractivity contribution in [3.63, 3.8) is 0 Å². The van der Waals surface area contributed by atoms with E-state index in [4.69, 9.17) is 17.3 Å². The molecule has 2 rings (SSSR count). The molecule has 0 bridgehead atoms. The lowest BCUT2D eigenvalue weighted by molar-refractivity contribution is 0.0996. The predicted molar refractivity (Wildman–Crippen MR) is 73.7 cm³/mol. The molecular weight excluding hydrogens is 267 g/mol. The van der Waals surface area contributed by atoms with E-state index in [2.05, 4.69) is 5.32 Å². The van der Waals surface area contributed by atoms with Crippen LogP contribution in [0.5, 0.6) is 0 Å². The van der Waals surface area contributed by atoms with Gasteiger partial charge in [-0.15, -0.1) is 0 Å². The Morgan fingerprint density at radius 3 is 2.53 bits per heavy atom. The first kappa shape index (κ1) is 13.4. The molecule has 0 saturated carbocycles. The van der Waals surface area contributed by atoms with Crippen LogP contribution in [0, 0.1) is 5.82 Å². The number of primary amides is 1. The zero-order valence-electron chi connectivity index (χ0n) is 9.99. The molecule has 0 aliphatic rings. The Balaban J connectivity index is 2.09. The second-order valence-corrected chi connectivity index (χ2v) is 4.48. The first-order valence-electron chi connectivity index (χ1n) is 5.64. The Hall–Kier alpha value is -2.07. The van der Waals surface area contributed by atoms with Crippen LogP contribution >= 0.6 is 11.6 Å². The molecule has 0 fully saturated rings. The van der Waals surface area contributed by atoms with E-state index >= 15 is 0 Å². The summed E-state index contributed by atoms with van der Waals surface area (Å²) in [7, 11) is 0. The number of amides is 1. The lowest BCUT2D eigenvalue weighted by atomic mass is 10.1. The van der Waals surface area contributed by atoms with Crippen molar-refractivity contribution in [2.45, 2.75) is 6.54 Å². The summed E-state index contributed by atoms with van der Waals surface area (Å²) < 4.78 is 13.3. The van der Waals surface area contributed by atoms with Crippen LogP contribution in [-0.2, 0) is 6.54 Å². The molecule has 5 heteroatoms. The zero-order valence-corrected chi connectivity index (χ0v) is 10.7. The van der Waals surface area contributed by atoms with Crippen LogP contribution in [0.1, 0.15) is 15.9 Å². The SMILES string of the molecule is NC(=O)c1cc(NCc2ccc(Cl)cc2)ccc1F. The molecule has 0 saturated heterocycles. The minimum Gasteiger partial charge on any atom is -0.381 e. The molecule has 0 heterocycles. The Morgan fingerprint density at radius 1 is 1.21 bits per heavy atom. The van der Waals surface area contributed by atoms with Gasteiger partial charge in [0.15, 0.2) is 0 Å². The molecule has 1 amide bonds. The molecule has 0 atom stereocenters. The van der Waals surface area contributed by atoms with Gasteiger partial charge in [-0.2, -0.15) is 0 Å².